The second-order valence-corrected chi connectivity index (χ2v) is 6.78. The molecule has 0 saturated heterocycles. The first kappa shape index (κ1) is 20.9. The van der Waals surface area contributed by atoms with E-state index in [1.165, 1.54) is 0 Å². The zero-order chi connectivity index (χ0) is 18.5. The van der Waals surface area contributed by atoms with Crippen molar-refractivity contribution in [3.05, 3.63) is 59.7 Å². The fourth-order valence-electron chi connectivity index (χ4n) is 2.88. The van der Waals surface area contributed by atoms with Gasteiger partial charge < -0.3 is 16.0 Å². The third kappa shape index (κ3) is 5.55. The molecule has 0 aliphatic heterocycles. The van der Waals surface area contributed by atoms with Crippen LogP contribution in [0.5, 0.6) is 0 Å². The molecule has 2 aromatic carbocycles. The van der Waals surface area contributed by atoms with Gasteiger partial charge in [-0.3, -0.25) is 9.59 Å². The summed E-state index contributed by atoms with van der Waals surface area (Å²) in [7, 11) is 0. The minimum Gasteiger partial charge on any atom is -0.326 e. The largest absolute Gasteiger partial charge is 0.326 e. The van der Waals surface area contributed by atoms with Crippen LogP contribution in [0, 0.1) is 11.8 Å². The molecule has 5 nitrogen and oxygen atoms in total. The second-order valence-electron chi connectivity index (χ2n) is 6.78. The summed E-state index contributed by atoms with van der Waals surface area (Å²) in [6, 6.07) is 14.8. The van der Waals surface area contributed by atoms with Crippen LogP contribution in [-0.4, -0.2) is 18.4 Å². The number of para-hydroxylation sites is 1. The van der Waals surface area contributed by atoms with Gasteiger partial charge in [-0.1, -0.05) is 32.0 Å². The average molecular weight is 388 g/mol. The molecule has 1 fully saturated rings. The van der Waals surface area contributed by atoms with Crippen molar-refractivity contribution in [1.29, 1.82) is 0 Å². The summed E-state index contributed by atoms with van der Waals surface area (Å²) in [5.74, 6) is 0.503. The van der Waals surface area contributed by atoms with Crippen molar-refractivity contribution in [2.45, 2.75) is 26.8 Å². The third-order valence-electron chi connectivity index (χ3n) is 4.69. The van der Waals surface area contributed by atoms with Crippen molar-refractivity contribution in [2.24, 2.45) is 11.8 Å². The third-order valence-corrected chi connectivity index (χ3v) is 4.69. The van der Waals surface area contributed by atoms with Crippen molar-refractivity contribution in [3.8, 4) is 0 Å². The molecular formula is C21H26ClN3O2. The number of carbonyl (C=O) groups is 2. The van der Waals surface area contributed by atoms with Gasteiger partial charge in [0.1, 0.15) is 0 Å². The van der Waals surface area contributed by atoms with Crippen LogP contribution in [0.1, 0.15) is 36.2 Å². The van der Waals surface area contributed by atoms with E-state index in [1.807, 2.05) is 31.2 Å². The van der Waals surface area contributed by atoms with Gasteiger partial charge in [-0.05, 0) is 54.8 Å². The summed E-state index contributed by atoms with van der Waals surface area (Å²) in [5.41, 5.74) is 3.13. The number of hydrogen-bond donors (Lipinski definition) is 3. The topological polar surface area (TPSA) is 70.2 Å². The van der Waals surface area contributed by atoms with Crippen LogP contribution in [0.4, 0.5) is 11.4 Å². The number of carbonyl (C=O) groups excluding carboxylic acids is 2. The second kappa shape index (κ2) is 9.53. The first-order valence-corrected chi connectivity index (χ1v) is 9.09. The molecule has 0 bridgehead atoms. The van der Waals surface area contributed by atoms with E-state index >= 15 is 0 Å². The highest BCUT2D eigenvalue weighted by Crippen LogP contribution is 2.38. The number of anilines is 2. The van der Waals surface area contributed by atoms with Gasteiger partial charge in [0.05, 0.1) is 0 Å². The normalized spacial score (nSPS) is 17.6. The molecule has 1 saturated carbocycles. The lowest BCUT2D eigenvalue weighted by atomic mass is 10.1. The number of benzene rings is 2. The molecule has 0 spiro atoms. The summed E-state index contributed by atoms with van der Waals surface area (Å²) in [6.07, 6.45) is 0.957. The van der Waals surface area contributed by atoms with Crippen LogP contribution in [0.2, 0.25) is 0 Å². The van der Waals surface area contributed by atoms with Crippen molar-refractivity contribution in [1.82, 2.24) is 5.32 Å². The molecule has 0 radical (unpaired) electrons. The average Bonchev–Trinajstić information content (AvgIpc) is 3.38. The van der Waals surface area contributed by atoms with E-state index in [0.717, 1.165) is 29.9 Å². The van der Waals surface area contributed by atoms with Gasteiger partial charge >= 0.3 is 0 Å². The Bertz CT molecular complexity index is 792. The summed E-state index contributed by atoms with van der Waals surface area (Å²) in [5, 5.41) is 9.14. The van der Waals surface area contributed by atoms with Crippen molar-refractivity contribution >= 4 is 35.6 Å². The molecule has 2 aromatic rings. The molecule has 2 atom stereocenters. The van der Waals surface area contributed by atoms with E-state index in [4.69, 9.17) is 0 Å². The smallest absolute Gasteiger partial charge is 0.255 e. The SMILES string of the molecule is CCNCc1ccccc1NC(=O)c1ccc(NC(=O)C2CC2C)cc1.Cl. The molecule has 3 N–H and O–H groups in total. The van der Waals surface area contributed by atoms with Crippen LogP contribution in [0.3, 0.4) is 0 Å². The molecule has 1 aliphatic carbocycles. The first-order chi connectivity index (χ1) is 12.6. The minimum absolute atomic E-state index is 0. The monoisotopic (exact) mass is 387 g/mol. The molecule has 2 amide bonds. The van der Waals surface area contributed by atoms with Gasteiger partial charge in [0, 0.05) is 29.4 Å². The summed E-state index contributed by atoms with van der Waals surface area (Å²) >= 11 is 0. The van der Waals surface area contributed by atoms with Crippen LogP contribution >= 0.6 is 12.4 Å². The van der Waals surface area contributed by atoms with Crippen LogP contribution < -0.4 is 16.0 Å². The van der Waals surface area contributed by atoms with E-state index in [2.05, 4.69) is 22.9 Å². The summed E-state index contributed by atoms with van der Waals surface area (Å²) in [4.78, 5) is 24.5. The molecule has 144 valence electrons. The van der Waals surface area contributed by atoms with E-state index in [9.17, 15) is 9.59 Å². The maximum atomic E-state index is 12.5. The maximum Gasteiger partial charge on any atom is 0.255 e. The number of amides is 2. The lowest BCUT2D eigenvalue weighted by Gasteiger charge is -2.12. The molecule has 0 aromatic heterocycles. The molecule has 6 heteroatoms. The minimum atomic E-state index is -0.164. The molecule has 3 rings (SSSR count). The lowest BCUT2D eigenvalue weighted by Crippen LogP contribution is -2.17. The molecule has 2 unspecified atom stereocenters. The zero-order valence-electron chi connectivity index (χ0n) is 15.6. The zero-order valence-corrected chi connectivity index (χ0v) is 16.4. The first-order valence-electron chi connectivity index (χ1n) is 9.09. The van der Waals surface area contributed by atoms with Crippen LogP contribution in [0.15, 0.2) is 48.5 Å². The quantitative estimate of drug-likeness (QED) is 0.670. The van der Waals surface area contributed by atoms with Gasteiger partial charge in [-0.15, -0.1) is 12.4 Å². The van der Waals surface area contributed by atoms with Gasteiger partial charge in [0.25, 0.3) is 5.91 Å². The fraction of sp³-hybridized carbons (Fsp3) is 0.333. The number of hydrogen-bond acceptors (Lipinski definition) is 3. The molecule has 27 heavy (non-hydrogen) atoms. The predicted molar refractivity (Wildman–Crippen MR) is 111 cm³/mol. The summed E-state index contributed by atoms with van der Waals surface area (Å²) < 4.78 is 0. The number of nitrogens with one attached hydrogen (secondary N) is 3. The van der Waals surface area contributed by atoms with Crippen molar-refractivity contribution in [3.63, 3.8) is 0 Å². The Kier molecular flexibility index (Phi) is 7.39. The Morgan fingerprint density at radius 2 is 1.70 bits per heavy atom. The maximum absolute atomic E-state index is 12.5. The Balaban J connectivity index is 0.00000261. The lowest BCUT2D eigenvalue weighted by molar-refractivity contribution is -0.117. The highest BCUT2D eigenvalue weighted by molar-refractivity contribution is 6.05. The highest BCUT2D eigenvalue weighted by Gasteiger charge is 2.39. The van der Waals surface area contributed by atoms with Crippen molar-refractivity contribution < 1.29 is 9.59 Å². The van der Waals surface area contributed by atoms with E-state index < -0.39 is 0 Å². The van der Waals surface area contributed by atoms with E-state index in [-0.39, 0.29) is 30.1 Å². The number of halogens is 1. The fourth-order valence-corrected chi connectivity index (χ4v) is 2.88. The van der Waals surface area contributed by atoms with Gasteiger partial charge in [-0.2, -0.15) is 0 Å². The van der Waals surface area contributed by atoms with Crippen LogP contribution in [0.25, 0.3) is 0 Å². The number of rotatable bonds is 7. The van der Waals surface area contributed by atoms with Crippen molar-refractivity contribution in [2.75, 3.05) is 17.2 Å². The standard InChI is InChI=1S/C21H25N3O2.ClH/c1-3-22-13-16-6-4-5-7-19(16)24-20(25)15-8-10-17(11-9-15)23-21(26)18-12-14(18)2;/h4-11,14,18,22H,3,12-13H2,1-2H3,(H,23,26)(H,24,25);1H. The van der Waals surface area contributed by atoms with Crippen LogP contribution in [-0.2, 0) is 11.3 Å². The van der Waals surface area contributed by atoms with E-state index in [1.54, 1.807) is 24.3 Å². The summed E-state index contributed by atoms with van der Waals surface area (Å²) in [6.45, 7) is 5.70. The molecular weight excluding hydrogens is 362 g/mol. The Labute approximate surface area is 166 Å². The predicted octanol–water partition coefficient (Wildman–Crippen LogP) is 4.06. The molecule has 0 heterocycles. The highest BCUT2D eigenvalue weighted by atomic mass is 35.5. The van der Waals surface area contributed by atoms with Gasteiger partial charge in [0.2, 0.25) is 5.91 Å². The Morgan fingerprint density at radius 1 is 1.04 bits per heavy atom. The van der Waals surface area contributed by atoms with Gasteiger partial charge in [-0.25, -0.2) is 0 Å². The van der Waals surface area contributed by atoms with E-state index in [0.29, 0.717) is 18.0 Å². The van der Waals surface area contributed by atoms with Gasteiger partial charge in [0.15, 0.2) is 0 Å². The Morgan fingerprint density at radius 3 is 2.33 bits per heavy atom. The Hall–Kier alpha value is -2.37. The molecule has 1 aliphatic rings.